The lowest BCUT2D eigenvalue weighted by molar-refractivity contribution is -0.167. The van der Waals surface area contributed by atoms with E-state index in [1.807, 2.05) is 0 Å². The van der Waals surface area contributed by atoms with Crippen LogP contribution in [0.3, 0.4) is 0 Å². The zero-order valence-corrected chi connectivity index (χ0v) is 49.3. The van der Waals surface area contributed by atoms with E-state index in [9.17, 15) is 14.4 Å². The normalized spacial score (nSPS) is 12.7. The molecule has 0 amide bonds. The Morgan fingerprint density at radius 2 is 0.520 bits per heavy atom. The third-order valence-electron chi connectivity index (χ3n) is 13.6. The minimum atomic E-state index is -0.785. The van der Waals surface area contributed by atoms with Crippen LogP contribution < -0.4 is 0 Å². The van der Waals surface area contributed by atoms with Gasteiger partial charge in [0.2, 0.25) is 0 Å². The van der Waals surface area contributed by atoms with Crippen molar-refractivity contribution < 1.29 is 28.6 Å². The number of allylic oxidation sites excluding steroid dienone is 16. The Labute approximate surface area is 464 Å². The highest BCUT2D eigenvalue weighted by atomic mass is 16.6. The third-order valence-corrected chi connectivity index (χ3v) is 13.6. The van der Waals surface area contributed by atoms with Crippen LogP contribution in [0.15, 0.2) is 97.2 Å². The molecule has 0 aromatic heterocycles. The van der Waals surface area contributed by atoms with Crippen LogP contribution in [0.2, 0.25) is 0 Å². The maximum atomic E-state index is 12.9. The number of carbonyl (C=O) groups excluding carboxylic acids is 3. The summed E-state index contributed by atoms with van der Waals surface area (Å²) in [5.41, 5.74) is 0. The lowest BCUT2D eigenvalue weighted by atomic mass is 10.0. The summed E-state index contributed by atoms with van der Waals surface area (Å²) in [7, 11) is 0. The SMILES string of the molecule is CC/C=C\C/C=C\C/C=C\C/C=C\C/C=C\C/C=C\C/C=C\C/C=C\CCCCCCC(=O)OCC(COC(=O)CCCCCCCCCCCCCC)OC(=O)CCCCCCCCCCCCCCCCCC. The summed E-state index contributed by atoms with van der Waals surface area (Å²) in [4.78, 5) is 38.2. The number of hydrogen-bond acceptors (Lipinski definition) is 6. The Bertz CT molecular complexity index is 1480. The van der Waals surface area contributed by atoms with Gasteiger partial charge in [0.1, 0.15) is 13.2 Å². The van der Waals surface area contributed by atoms with E-state index < -0.39 is 6.10 Å². The molecule has 0 aliphatic rings. The van der Waals surface area contributed by atoms with Crippen LogP contribution in [0, 0.1) is 0 Å². The molecule has 0 radical (unpaired) electrons. The van der Waals surface area contributed by atoms with E-state index in [1.165, 1.54) is 141 Å². The Balaban J connectivity index is 4.33. The van der Waals surface area contributed by atoms with Crippen LogP contribution >= 0.6 is 0 Å². The second kappa shape index (κ2) is 62.9. The molecular formula is C69H118O6. The lowest BCUT2D eigenvalue weighted by Gasteiger charge is -2.18. The van der Waals surface area contributed by atoms with E-state index in [0.29, 0.717) is 19.3 Å². The fourth-order valence-corrected chi connectivity index (χ4v) is 8.87. The summed E-state index contributed by atoms with van der Waals surface area (Å²) < 4.78 is 16.9. The molecule has 0 saturated heterocycles. The van der Waals surface area contributed by atoms with Gasteiger partial charge in [-0.1, -0.05) is 298 Å². The molecule has 6 heteroatoms. The van der Waals surface area contributed by atoms with Crippen LogP contribution in [0.4, 0.5) is 0 Å². The van der Waals surface area contributed by atoms with Crippen LogP contribution in [0.1, 0.15) is 303 Å². The van der Waals surface area contributed by atoms with Crippen molar-refractivity contribution in [2.45, 2.75) is 309 Å². The van der Waals surface area contributed by atoms with Crippen LogP contribution in [0.5, 0.6) is 0 Å². The number of ether oxygens (including phenoxy) is 3. The van der Waals surface area contributed by atoms with Crippen molar-refractivity contribution in [2.24, 2.45) is 0 Å². The first-order valence-electron chi connectivity index (χ1n) is 31.7. The summed E-state index contributed by atoms with van der Waals surface area (Å²) >= 11 is 0. The summed E-state index contributed by atoms with van der Waals surface area (Å²) in [5, 5.41) is 0. The quantitative estimate of drug-likeness (QED) is 0.0261. The van der Waals surface area contributed by atoms with Crippen LogP contribution in [-0.2, 0) is 28.6 Å². The van der Waals surface area contributed by atoms with Crippen molar-refractivity contribution in [3.05, 3.63) is 97.2 Å². The molecule has 0 aromatic carbocycles. The molecule has 0 aliphatic carbocycles. The van der Waals surface area contributed by atoms with Gasteiger partial charge in [0, 0.05) is 19.3 Å². The monoisotopic (exact) mass is 1040 g/mol. The van der Waals surface area contributed by atoms with Crippen molar-refractivity contribution in [1.29, 1.82) is 0 Å². The van der Waals surface area contributed by atoms with Crippen molar-refractivity contribution >= 4 is 17.9 Å². The van der Waals surface area contributed by atoms with Crippen molar-refractivity contribution in [2.75, 3.05) is 13.2 Å². The molecule has 1 unspecified atom stereocenters. The van der Waals surface area contributed by atoms with Crippen molar-refractivity contribution in [3.63, 3.8) is 0 Å². The molecule has 75 heavy (non-hydrogen) atoms. The molecule has 0 spiro atoms. The zero-order valence-electron chi connectivity index (χ0n) is 49.3. The van der Waals surface area contributed by atoms with Crippen molar-refractivity contribution in [3.8, 4) is 0 Å². The smallest absolute Gasteiger partial charge is 0.306 e. The van der Waals surface area contributed by atoms with E-state index in [-0.39, 0.29) is 31.1 Å². The molecule has 0 N–H and O–H groups in total. The molecular weight excluding hydrogens is 925 g/mol. The van der Waals surface area contributed by atoms with Gasteiger partial charge in [0.05, 0.1) is 0 Å². The minimum Gasteiger partial charge on any atom is -0.462 e. The topological polar surface area (TPSA) is 78.9 Å². The molecule has 0 bridgehead atoms. The first kappa shape index (κ1) is 71.3. The maximum Gasteiger partial charge on any atom is 0.306 e. The molecule has 0 rings (SSSR count). The second-order valence-electron chi connectivity index (χ2n) is 21.0. The Kier molecular flexibility index (Phi) is 59.8. The van der Waals surface area contributed by atoms with Gasteiger partial charge in [-0.25, -0.2) is 0 Å². The van der Waals surface area contributed by atoms with Gasteiger partial charge in [0.25, 0.3) is 0 Å². The number of rotatable bonds is 57. The van der Waals surface area contributed by atoms with Gasteiger partial charge in [-0.05, 0) is 83.5 Å². The number of carbonyl (C=O) groups is 3. The lowest BCUT2D eigenvalue weighted by Crippen LogP contribution is -2.30. The van der Waals surface area contributed by atoms with E-state index in [1.54, 1.807) is 0 Å². The van der Waals surface area contributed by atoms with E-state index in [0.717, 1.165) is 122 Å². The van der Waals surface area contributed by atoms with Crippen LogP contribution in [-0.4, -0.2) is 37.2 Å². The molecule has 1 atom stereocenters. The van der Waals surface area contributed by atoms with Gasteiger partial charge >= 0.3 is 17.9 Å². The second-order valence-corrected chi connectivity index (χ2v) is 21.0. The van der Waals surface area contributed by atoms with Gasteiger partial charge in [-0.2, -0.15) is 0 Å². The fraction of sp³-hybridized carbons (Fsp3) is 0.725. The Morgan fingerprint density at radius 1 is 0.280 bits per heavy atom. The standard InChI is InChI=1S/C69H118O6/c1-4-7-10-13-16-19-22-25-27-29-30-31-32-33-34-35-36-37-38-39-40-41-43-44-47-50-53-56-59-62-68(71)74-65-66(64-73-67(70)61-58-55-52-49-46-24-21-18-15-12-9-6-3)75-69(72)63-60-57-54-51-48-45-42-28-26-23-20-17-14-11-8-5-2/h7,10,16,19,25,27,30-31,33-34,36-37,39-40,43-44,66H,4-6,8-9,11-15,17-18,20-24,26,28-29,32,35,38,41-42,45-65H2,1-3H3/b10-7-,19-16-,27-25-,31-30-,34-33-,37-36-,40-39-,44-43-. The summed E-state index contributed by atoms with van der Waals surface area (Å²) in [6.45, 7) is 6.53. The predicted molar refractivity (Wildman–Crippen MR) is 325 cm³/mol. The first-order valence-corrected chi connectivity index (χ1v) is 31.7. The molecule has 0 heterocycles. The molecule has 6 nitrogen and oxygen atoms in total. The fourth-order valence-electron chi connectivity index (χ4n) is 8.87. The summed E-state index contributed by atoms with van der Waals surface area (Å²) in [6.07, 6.45) is 84.1. The van der Waals surface area contributed by atoms with E-state index in [2.05, 4.69) is 118 Å². The summed E-state index contributed by atoms with van der Waals surface area (Å²) in [5.74, 6) is -0.896. The third kappa shape index (κ3) is 61.1. The van der Waals surface area contributed by atoms with E-state index in [4.69, 9.17) is 14.2 Å². The molecule has 0 aliphatic heterocycles. The average Bonchev–Trinajstić information content (AvgIpc) is 3.41. The Hall–Kier alpha value is -3.67. The minimum absolute atomic E-state index is 0.0815. The molecule has 0 saturated carbocycles. The molecule has 0 fully saturated rings. The molecule has 430 valence electrons. The summed E-state index contributed by atoms with van der Waals surface area (Å²) in [6, 6.07) is 0. The van der Waals surface area contributed by atoms with Gasteiger partial charge in [-0.3, -0.25) is 14.4 Å². The number of unbranched alkanes of at least 4 members (excludes halogenated alkanes) is 30. The maximum absolute atomic E-state index is 12.9. The van der Waals surface area contributed by atoms with Gasteiger partial charge < -0.3 is 14.2 Å². The highest BCUT2D eigenvalue weighted by molar-refractivity contribution is 5.71. The number of esters is 3. The zero-order chi connectivity index (χ0) is 54.3. The highest BCUT2D eigenvalue weighted by Gasteiger charge is 2.19. The highest BCUT2D eigenvalue weighted by Crippen LogP contribution is 2.16. The average molecular weight is 1040 g/mol. The Morgan fingerprint density at radius 3 is 0.813 bits per heavy atom. The molecule has 0 aromatic rings. The van der Waals surface area contributed by atoms with E-state index >= 15 is 0 Å². The van der Waals surface area contributed by atoms with Crippen LogP contribution in [0.25, 0.3) is 0 Å². The van der Waals surface area contributed by atoms with Crippen molar-refractivity contribution in [1.82, 2.24) is 0 Å². The predicted octanol–water partition coefficient (Wildman–Crippen LogP) is 21.7. The van der Waals surface area contributed by atoms with Gasteiger partial charge in [0.15, 0.2) is 6.10 Å². The first-order chi connectivity index (χ1) is 37.0. The number of hydrogen-bond donors (Lipinski definition) is 0. The largest absolute Gasteiger partial charge is 0.462 e. The van der Waals surface area contributed by atoms with Gasteiger partial charge in [-0.15, -0.1) is 0 Å².